The zero-order chi connectivity index (χ0) is 21.5. The third-order valence-corrected chi connectivity index (χ3v) is 6.05. The van der Waals surface area contributed by atoms with Crippen LogP contribution in [-0.2, 0) is 20.0 Å². The maximum atomic E-state index is 6.25. The molecule has 4 aromatic rings. The Hall–Kier alpha value is -3.05. The summed E-state index contributed by atoms with van der Waals surface area (Å²) in [6.07, 6.45) is 3.05. The highest BCUT2D eigenvalue weighted by atomic mass is 16.5. The third-order valence-electron chi connectivity index (χ3n) is 6.05. The lowest BCUT2D eigenvalue weighted by Crippen LogP contribution is -2.23. The predicted molar refractivity (Wildman–Crippen MR) is 126 cm³/mol. The second-order valence-corrected chi connectivity index (χ2v) is 8.94. The van der Waals surface area contributed by atoms with E-state index in [1.807, 2.05) is 0 Å². The van der Waals surface area contributed by atoms with Gasteiger partial charge in [-0.1, -0.05) is 32.0 Å². The number of benzene rings is 2. The number of nitrogens with one attached hydrogen (secondary N) is 1. The zero-order valence-electron chi connectivity index (χ0n) is 18.8. The molecule has 0 radical (unpaired) electrons. The number of para-hydroxylation sites is 1. The van der Waals surface area contributed by atoms with Crippen LogP contribution in [0.2, 0.25) is 0 Å². The van der Waals surface area contributed by atoms with Crippen molar-refractivity contribution in [2.75, 3.05) is 13.2 Å². The fourth-order valence-electron chi connectivity index (χ4n) is 4.47. The summed E-state index contributed by atoms with van der Waals surface area (Å²) in [5.41, 5.74) is 8.26. The van der Waals surface area contributed by atoms with Gasteiger partial charge < -0.3 is 14.6 Å². The predicted octanol–water partition coefficient (Wildman–Crippen LogP) is 5.02. The maximum Gasteiger partial charge on any atom is 0.145 e. The molecule has 0 aliphatic carbocycles. The lowest BCUT2D eigenvalue weighted by molar-refractivity contribution is 0.270. The summed E-state index contributed by atoms with van der Waals surface area (Å²) >= 11 is 0. The van der Waals surface area contributed by atoms with E-state index in [0.29, 0.717) is 12.5 Å². The minimum absolute atomic E-state index is 0.461. The standard InChI is InChI=1S/C26H30N4O/c1-17(2)16-31-24-7-5-6-18(3)25(24)30-26(21-15-27-12-10-22(21)28-30)20-8-9-23-19(14-20)11-13-29(23)4/h5-9,11,13-14,17,27H,10,12,15-16H2,1-4H3. The largest absolute Gasteiger partial charge is 0.491 e. The Bertz CT molecular complexity index is 1250. The fraction of sp³-hybridized carbons (Fsp3) is 0.346. The van der Waals surface area contributed by atoms with Crippen molar-refractivity contribution in [3.05, 3.63) is 65.5 Å². The Morgan fingerprint density at radius 2 is 2.03 bits per heavy atom. The molecule has 0 bridgehead atoms. The smallest absolute Gasteiger partial charge is 0.145 e. The van der Waals surface area contributed by atoms with Gasteiger partial charge in [-0.15, -0.1) is 0 Å². The van der Waals surface area contributed by atoms with Gasteiger partial charge in [-0.2, -0.15) is 5.10 Å². The average Bonchev–Trinajstić information content (AvgIpc) is 3.32. The fourth-order valence-corrected chi connectivity index (χ4v) is 4.47. The minimum atomic E-state index is 0.461. The second kappa shape index (κ2) is 7.89. The van der Waals surface area contributed by atoms with Crippen molar-refractivity contribution in [3.63, 3.8) is 0 Å². The monoisotopic (exact) mass is 414 g/mol. The van der Waals surface area contributed by atoms with Gasteiger partial charge in [0.1, 0.15) is 11.4 Å². The Morgan fingerprint density at radius 3 is 2.87 bits per heavy atom. The van der Waals surface area contributed by atoms with E-state index in [-0.39, 0.29) is 0 Å². The molecule has 5 rings (SSSR count). The van der Waals surface area contributed by atoms with Crippen LogP contribution in [0.4, 0.5) is 0 Å². The third kappa shape index (κ3) is 3.53. The Kier molecular flexibility index (Phi) is 5.06. The maximum absolute atomic E-state index is 6.25. The molecule has 1 N–H and O–H groups in total. The van der Waals surface area contributed by atoms with E-state index in [1.165, 1.54) is 27.7 Å². The molecule has 5 nitrogen and oxygen atoms in total. The molecule has 0 saturated carbocycles. The van der Waals surface area contributed by atoms with Crippen LogP contribution in [0, 0.1) is 12.8 Å². The van der Waals surface area contributed by atoms with Gasteiger partial charge in [-0.3, -0.25) is 0 Å². The van der Waals surface area contributed by atoms with E-state index in [0.717, 1.165) is 42.2 Å². The van der Waals surface area contributed by atoms with Crippen LogP contribution in [0.25, 0.3) is 27.8 Å². The Morgan fingerprint density at radius 1 is 1.16 bits per heavy atom. The molecule has 0 spiro atoms. The van der Waals surface area contributed by atoms with E-state index in [4.69, 9.17) is 9.84 Å². The number of ether oxygens (including phenoxy) is 1. The van der Waals surface area contributed by atoms with Crippen molar-refractivity contribution in [3.8, 4) is 22.7 Å². The van der Waals surface area contributed by atoms with Crippen molar-refractivity contribution in [2.45, 2.75) is 33.7 Å². The van der Waals surface area contributed by atoms with Crippen LogP contribution < -0.4 is 10.1 Å². The molecule has 0 fully saturated rings. The molecule has 1 aliphatic rings. The number of nitrogens with zero attached hydrogens (tertiary/aromatic N) is 3. The molecule has 0 unspecified atom stereocenters. The molecule has 0 atom stereocenters. The van der Waals surface area contributed by atoms with Gasteiger partial charge in [0.05, 0.1) is 18.0 Å². The highest BCUT2D eigenvalue weighted by Gasteiger charge is 2.25. The molecule has 31 heavy (non-hydrogen) atoms. The molecule has 2 aromatic heterocycles. The normalized spacial score (nSPS) is 13.7. The van der Waals surface area contributed by atoms with Gasteiger partial charge in [0, 0.05) is 54.8 Å². The number of aryl methyl sites for hydroxylation is 2. The zero-order valence-corrected chi connectivity index (χ0v) is 18.8. The van der Waals surface area contributed by atoms with Gasteiger partial charge in [0.2, 0.25) is 0 Å². The van der Waals surface area contributed by atoms with E-state index in [2.05, 4.69) is 91.0 Å². The second-order valence-electron chi connectivity index (χ2n) is 8.94. The first-order valence-electron chi connectivity index (χ1n) is 11.1. The molecule has 3 heterocycles. The van der Waals surface area contributed by atoms with Crippen molar-refractivity contribution in [2.24, 2.45) is 13.0 Å². The number of aromatic nitrogens is 3. The highest BCUT2D eigenvalue weighted by Crippen LogP contribution is 2.36. The van der Waals surface area contributed by atoms with Gasteiger partial charge in [-0.25, -0.2) is 4.68 Å². The molecule has 5 heteroatoms. The number of hydrogen-bond acceptors (Lipinski definition) is 3. The Balaban J connectivity index is 1.73. The first-order valence-corrected chi connectivity index (χ1v) is 11.1. The van der Waals surface area contributed by atoms with Gasteiger partial charge >= 0.3 is 0 Å². The lowest BCUT2D eigenvalue weighted by Gasteiger charge is -2.18. The van der Waals surface area contributed by atoms with Crippen LogP contribution in [0.5, 0.6) is 5.75 Å². The number of fused-ring (bicyclic) bond motifs is 2. The molecule has 160 valence electrons. The van der Waals surface area contributed by atoms with E-state index >= 15 is 0 Å². The first kappa shape index (κ1) is 19.9. The SMILES string of the molecule is Cc1cccc(OCC(C)C)c1-n1nc2c(c1-c1ccc3c(ccn3C)c1)CNCC2. The van der Waals surface area contributed by atoms with Crippen LogP contribution in [0.1, 0.15) is 30.7 Å². The van der Waals surface area contributed by atoms with Gasteiger partial charge in [0.25, 0.3) is 0 Å². The van der Waals surface area contributed by atoms with E-state index in [9.17, 15) is 0 Å². The van der Waals surface area contributed by atoms with Crippen LogP contribution >= 0.6 is 0 Å². The summed E-state index contributed by atoms with van der Waals surface area (Å²) in [6, 6.07) is 15.2. The quantitative estimate of drug-likeness (QED) is 0.499. The van der Waals surface area contributed by atoms with Crippen LogP contribution in [-0.4, -0.2) is 27.5 Å². The van der Waals surface area contributed by atoms with Crippen molar-refractivity contribution in [1.29, 1.82) is 0 Å². The summed E-state index contributed by atoms with van der Waals surface area (Å²) in [4.78, 5) is 0. The Labute approximate surface area is 183 Å². The highest BCUT2D eigenvalue weighted by molar-refractivity contribution is 5.86. The molecule has 0 amide bonds. The summed E-state index contributed by atoms with van der Waals surface area (Å²) in [7, 11) is 2.09. The summed E-state index contributed by atoms with van der Waals surface area (Å²) < 4.78 is 10.5. The number of rotatable bonds is 5. The minimum Gasteiger partial charge on any atom is -0.491 e. The average molecular weight is 415 g/mol. The van der Waals surface area contributed by atoms with Crippen molar-refractivity contribution < 1.29 is 4.74 Å². The topological polar surface area (TPSA) is 44.0 Å². The van der Waals surface area contributed by atoms with Crippen molar-refractivity contribution >= 4 is 10.9 Å². The van der Waals surface area contributed by atoms with E-state index < -0.39 is 0 Å². The summed E-state index contributed by atoms with van der Waals surface area (Å²) in [6.45, 7) is 8.98. The molecular weight excluding hydrogens is 384 g/mol. The lowest BCUT2D eigenvalue weighted by atomic mass is 10.0. The molecule has 2 aromatic carbocycles. The van der Waals surface area contributed by atoms with E-state index in [1.54, 1.807) is 0 Å². The molecule has 0 saturated heterocycles. The summed E-state index contributed by atoms with van der Waals surface area (Å²) in [5, 5.41) is 9.90. The molecular formula is C26H30N4O. The molecule has 1 aliphatic heterocycles. The van der Waals surface area contributed by atoms with Gasteiger partial charge in [0.15, 0.2) is 0 Å². The van der Waals surface area contributed by atoms with Crippen LogP contribution in [0.3, 0.4) is 0 Å². The summed E-state index contributed by atoms with van der Waals surface area (Å²) in [5.74, 6) is 1.35. The number of hydrogen-bond donors (Lipinski definition) is 1. The van der Waals surface area contributed by atoms with Gasteiger partial charge in [-0.05, 0) is 42.7 Å². The van der Waals surface area contributed by atoms with Crippen LogP contribution in [0.15, 0.2) is 48.7 Å². The first-order chi connectivity index (χ1) is 15.0. The van der Waals surface area contributed by atoms with Crippen molar-refractivity contribution in [1.82, 2.24) is 19.7 Å².